The fourth-order valence-corrected chi connectivity index (χ4v) is 22.4. The molecule has 0 unspecified atom stereocenters. The molecule has 528 valence electrons. The molecule has 114 heavy (non-hydrogen) atoms. The number of pyridine rings is 8. The van der Waals surface area contributed by atoms with Gasteiger partial charge in [-0.2, -0.15) is 0 Å². The SMILES string of the molecule is C(#Cc1ccc([Si](c2ccc(C#Cc3ccncc3)cc2)(c2ccc(C#Cc3ccncc3)cc2)c2ccc(C#Cc3ccncc3)cc2)cc1)c1ccncc1.C(#Cc1ccc([Si](c2ccc(C#Cc3ccncc3)cc2)(c2ccc(C#Cc3ccncc3)cc2)c2ccc(C#Cc3ccncc3)cc2)cc1)c1ccncc1. The summed E-state index contributed by atoms with van der Waals surface area (Å²) in [6.07, 6.45) is 28.1. The van der Waals surface area contributed by atoms with E-state index in [9.17, 15) is 0 Å². The van der Waals surface area contributed by atoms with Crippen molar-refractivity contribution < 1.29 is 0 Å². The average Bonchev–Trinajstić information content (AvgIpc) is 0.737. The summed E-state index contributed by atoms with van der Waals surface area (Å²) in [4.78, 5) is 33.0. The van der Waals surface area contributed by atoms with Gasteiger partial charge in [-0.1, -0.05) is 192 Å². The topological polar surface area (TPSA) is 103 Å². The molecular weight excluding hydrogens is 1420 g/mol. The Morgan fingerprint density at radius 1 is 0.105 bits per heavy atom. The molecule has 0 aliphatic carbocycles. The summed E-state index contributed by atoms with van der Waals surface area (Å²) in [6, 6.07) is 101. The predicted molar refractivity (Wildman–Crippen MR) is 462 cm³/mol. The van der Waals surface area contributed by atoms with Gasteiger partial charge in [-0.05, 0) is 236 Å². The molecule has 0 spiro atoms. The zero-order valence-corrected chi connectivity index (χ0v) is 63.5. The van der Waals surface area contributed by atoms with Gasteiger partial charge in [0.2, 0.25) is 0 Å². The Labute approximate surface area is 667 Å². The molecule has 0 aliphatic heterocycles. The summed E-state index contributed by atoms with van der Waals surface area (Å²) >= 11 is 0. The van der Waals surface area contributed by atoms with E-state index in [4.69, 9.17) is 0 Å². The molecule has 0 amide bonds. The first kappa shape index (κ1) is 73.4. The van der Waals surface area contributed by atoms with Crippen molar-refractivity contribution in [3.8, 4) is 94.7 Å². The Morgan fingerprint density at radius 3 is 0.272 bits per heavy atom. The highest BCUT2D eigenvalue weighted by atomic mass is 28.3. The van der Waals surface area contributed by atoms with E-state index in [-0.39, 0.29) is 0 Å². The molecule has 0 bridgehead atoms. The normalized spacial score (nSPS) is 10.2. The first-order valence-electron chi connectivity index (χ1n) is 36.7. The molecule has 10 heteroatoms. The van der Waals surface area contributed by atoms with Crippen LogP contribution in [0.4, 0.5) is 0 Å². The molecule has 0 atom stereocenters. The van der Waals surface area contributed by atoms with E-state index >= 15 is 0 Å². The van der Waals surface area contributed by atoms with Crippen LogP contribution in [0.25, 0.3) is 0 Å². The summed E-state index contributed by atoms with van der Waals surface area (Å²) in [7, 11) is -5.93. The van der Waals surface area contributed by atoms with Crippen LogP contribution < -0.4 is 41.5 Å². The van der Waals surface area contributed by atoms with Gasteiger partial charge in [-0.15, -0.1) is 0 Å². The van der Waals surface area contributed by atoms with Crippen LogP contribution in [-0.4, -0.2) is 56.0 Å². The quantitative estimate of drug-likeness (QED) is 0.0842. The lowest BCUT2D eigenvalue weighted by molar-refractivity contribution is 1.32. The van der Waals surface area contributed by atoms with Gasteiger partial charge < -0.3 is 0 Å². The first-order valence-corrected chi connectivity index (χ1v) is 40.7. The van der Waals surface area contributed by atoms with Crippen LogP contribution in [0.15, 0.2) is 390 Å². The van der Waals surface area contributed by atoms with Crippen molar-refractivity contribution in [1.29, 1.82) is 0 Å². The summed E-state index contributed by atoms with van der Waals surface area (Å²) in [6.45, 7) is 0. The van der Waals surface area contributed by atoms with Gasteiger partial charge >= 0.3 is 0 Å². The van der Waals surface area contributed by atoms with Gasteiger partial charge in [-0.3, -0.25) is 39.9 Å². The Balaban J connectivity index is 0.000000180. The molecule has 16 aromatic rings. The molecule has 0 N–H and O–H groups in total. The minimum absolute atomic E-state index is 0.921. The minimum atomic E-state index is -2.96. The molecule has 0 radical (unpaired) electrons. The van der Waals surface area contributed by atoms with Gasteiger partial charge in [-0.25, -0.2) is 0 Å². The molecule has 16 rings (SSSR count). The molecule has 8 heterocycles. The molecule has 0 fully saturated rings. The van der Waals surface area contributed by atoms with Crippen LogP contribution in [0, 0.1) is 94.7 Å². The second-order valence-corrected chi connectivity index (χ2v) is 33.6. The predicted octanol–water partition coefficient (Wildman–Crippen LogP) is 12.5. The highest BCUT2D eigenvalue weighted by molar-refractivity contribution is 7.20. The molecule has 8 aromatic heterocycles. The maximum Gasteiger partial charge on any atom is 0.179 e. The van der Waals surface area contributed by atoms with E-state index in [2.05, 4.69) is 329 Å². The second-order valence-electron chi connectivity index (χ2n) is 26.0. The largest absolute Gasteiger partial charge is 0.265 e. The summed E-state index contributed by atoms with van der Waals surface area (Å²) in [5.74, 6) is 53.0. The maximum atomic E-state index is 4.12. The van der Waals surface area contributed by atoms with Crippen molar-refractivity contribution in [2.75, 3.05) is 0 Å². The lowest BCUT2D eigenvalue weighted by atomic mass is 10.2. The van der Waals surface area contributed by atoms with Crippen molar-refractivity contribution in [2.45, 2.75) is 0 Å². The van der Waals surface area contributed by atoms with Crippen LogP contribution in [-0.2, 0) is 0 Å². The minimum Gasteiger partial charge on any atom is -0.265 e. The number of hydrogen-bond donors (Lipinski definition) is 0. The highest BCUT2D eigenvalue weighted by Crippen LogP contribution is 2.18. The molecule has 8 aromatic carbocycles. The Morgan fingerprint density at radius 2 is 0.184 bits per heavy atom. The zero-order valence-electron chi connectivity index (χ0n) is 61.5. The van der Waals surface area contributed by atoms with Crippen molar-refractivity contribution in [1.82, 2.24) is 39.9 Å². The number of benzene rings is 8. The Kier molecular flexibility index (Phi) is 23.6. The van der Waals surface area contributed by atoms with Gasteiger partial charge in [0.25, 0.3) is 0 Å². The van der Waals surface area contributed by atoms with Gasteiger partial charge in [0, 0.05) is 188 Å². The molecule has 0 aliphatic rings. The fourth-order valence-electron chi connectivity index (χ4n) is 13.1. The van der Waals surface area contributed by atoms with Crippen molar-refractivity contribution in [2.24, 2.45) is 0 Å². The van der Waals surface area contributed by atoms with Crippen molar-refractivity contribution in [3.63, 3.8) is 0 Å². The van der Waals surface area contributed by atoms with Crippen molar-refractivity contribution >= 4 is 57.6 Å². The number of hydrogen-bond acceptors (Lipinski definition) is 8. The maximum absolute atomic E-state index is 4.12. The summed E-state index contributed by atoms with van der Waals surface area (Å²) in [5.41, 5.74) is 14.8. The van der Waals surface area contributed by atoms with E-state index in [1.54, 1.807) is 99.1 Å². The van der Waals surface area contributed by atoms with E-state index in [0.29, 0.717) is 0 Å². The van der Waals surface area contributed by atoms with Crippen LogP contribution in [0.5, 0.6) is 0 Å². The third-order valence-electron chi connectivity index (χ3n) is 18.8. The molecule has 8 nitrogen and oxygen atoms in total. The highest BCUT2D eigenvalue weighted by Gasteiger charge is 2.43. The Bertz CT molecular complexity index is 5290. The third-order valence-corrected chi connectivity index (χ3v) is 28.4. The van der Waals surface area contributed by atoms with Gasteiger partial charge in [0.15, 0.2) is 16.1 Å². The standard InChI is InChI=1S/2C52H32N4Si/c2*1(5-45-25-33-53-34-26-45)41-9-17-49(18-10-41)57(50-19-11-42(12-20-50)2-6-46-27-35-54-36-28-46,51-21-13-43(14-22-51)3-7-47-29-37-55-38-30-47)52-23-15-44(16-24-52)4-8-48-31-39-56-40-32-48/h2*9-40H. The second kappa shape index (κ2) is 36.6. The molecule has 0 saturated carbocycles. The zero-order chi connectivity index (χ0) is 77.1. The average molecular weight is 1480 g/mol. The van der Waals surface area contributed by atoms with Crippen LogP contribution in [0.2, 0.25) is 0 Å². The number of rotatable bonds is 8. The lowest BCUT2D eigenvalue weighted by Gasteiger charge is -2.34. The summed E-state index contributed by atoms with van der Waals surface area (Å²) < 4.78 is 0. The smallest absolute Gasteiger partial charge is 0.179 e. The number of nitrogens with zero attached hydrogens (tertiary/aromatic N) is 8. The monoisotopic (exact) mass is 1480 g/mol. The van der Waals surface area contributed by atoms with Crippen LogP contribution in [0.3, 0.4) is 0 Å². The van der Waals surface area contributed by atoms with E-state index in [1.165, 1.54) is 41.5 Å². The Hall–Kier alpha value is -16.1. The molecule has 0 saturated heterocycles. The first-order chi connectivity index (χ1) is 56.4. The third kappa shape index (κ3) is 18.5. The van der Waals surface area contributed by atoms with Crippen LogP contribution in [0.1, 0.15) is 89.0 Å². The van der Waals surface area contributed by atoms with Gasteiger partial charge in [0.05, 0.1) is 0 Å². The van der Waals surface area contributed by atoms with E-state index in [0.717, 1.165) is 89.0 Å². The lowest BCUT2D eigenvalue weighted by Crippen LogP contribution is -2.74. The number of aromatic nitrogens is 8. The van der Waals surface area contributed by atoms with E-state index in [1.807, 2.05) is 97.1 Å². The summed E-state index contributed by atoms with van der Waals surface area (Å²) in [5, 5.41) is 9.77. The van der Waals surface area contributed by atoms with Crippen molar-refractivity contribution in [3.05, 3.63) is 479 Å². The van der Waals surface area contributed by atoms with Crippen LogP contribution >= 0.6 is 0 Å². The fraction of sp³-hybridized carbons (Fsp3) is 0. The molecular formula is C104H64N8Si2. The van der Waals surface area contributed by atoms with Gasteiger partial charge in [0.1, 0.15) is 0 Å². The van der Waals surface area contributed by atoms with E-state index < -0.39 is 16.1 Å².